The van der Waals surface area contributed by atoms with E-state index in [0.717, 1.165) is 17.8 Å². The van der Waals surface area contributed by atoms with Gasteiger partial charge in [0, 0.05) is 56.6 Å². The van der Waals surface area contributed by atoms with Gasteiger partial charge in [-0.25, -0.2) is 9.78 Å². The number of carbonyl (C=O) groups is 1. The van der Waals surface area contributed by atoms with Gasteiger partial charge < -0.3 is 23.9 Å². The van der Waals surface area contributed by atoms with Crippen LogP contribution in [0, 0.1) is 0 Å². The number of rotatable bonds is 4. The van der Waals surface area contributed by atoms with E-state index in [1.165, 1.54) is 6.07 Å². The molecule has 1 aromatic carbocycles. The van der Waals surface area contributed by atoms with Crippen molar-refractivity contribution in [1.29, 1.82) is 0 Å². The molecular weight excluding hydrogens is 348 g/mol. The van der Waals surface area contributed by atoms with Gasteiger partial charge in [0.05, 0.1) is 0 Å². The molecule has 0 bridgehead atoms. The van der Waals surface area contributed by atoms with Gasteiger partial charge in [-0.3, -0.25) is 4.79 Å². The Bertz CT molecular complexity index is 1030. The Kier molecular flexibility index (Phi) is 4.64. The first-order chi connectivity index (χ1) is 13.1. The lowest BCUT2D eigenvalue weighted by Crippen LogP contribution is -2.50. The van der Waals surface area contributed by atoms with Gasteiger partial charge in [-0.15, -0.1) is 0 Å². The molecule has 1 atom stereocenters. The molecule has 1 fully saturated rings. The number of aryl methyl sites for hydroxylation is 1. The molecule has 1 amide bonds. The van der Waals surface area contributed by atoms with E-state index in [1.54, 1.807) is 35.4 Å². The summed E-state index contributed by atoms with van der Waals surface area (Å²) in [5.41, 5.74) is 0.00922. The fourth-order valence-corrected chi connectivity index (χ4v) is 3.29. The number of fused-ring (bicyclic) bond motifs is 1. The number of ether oxygens (including phenoxy) is 1. The number of hydrogen-bond acceptors (Lipinski definition) is 6. The van der Waals surface area contributed by atoms with Crippen molar-refractivity contribution in [1.82, 2.24) is 19.8 Å². The summed E-state index contributed by atoms with van der Waals surface area (Å²) < 4.78 is 12.7. The number of nitrogens with one attached hydrogen (secondary N) is 1. The average molecular weight is 368 g/mol. The number of amides is 1. The predicted molar refractivity (Wildman–Crippen MR) is 98.5 cm³/mol. The Morgan fingerprint density at radius 2 is 2.22 bits per heavy atom. The molecule has 0 aliphatic carbocycles. The SMILES string of the molecule is Cn1ccnc1C1CNCCN1C(=O)COc1ccc2ccc(=O)oc2c1. The molecule has 0 saturated carbocycles. The maximum atomic E-state index is 12.8. The number of nitrogens with zero attached hydrogens (tertiary/aromatic N) is 3. The molecule has 8 nitrogen and oxygen atoms in total. The maximum absolute atomic E-state index is 12.8. The molecule has 2 aromatic heterocycles. The molecule has 8 heteroatoms. The monoisotopic (exact) mass is 368 g/mol. The Hall–Kier alpha value is -3.13. The molecule has 1 unspecified atom stereocenters. The zero-order valence-electron chi connectivity index (χ0n) is 14.9. The second kappa shape index (κ2) is 7.24. The summed E-state index contributed by atoms with van der Waals surface area (Å²) in [6, 6.07) is 8.09. The summed E-state index contributed by atoms with van der Waals surface area (Å²) in [5.74, 6) is 1.20. The van der Waals surface area contributed by atoms with E-state index in [2.05, 4.69) is 10.3 Å². The van der Waals surface area contributed by atoms with Crippen molar-refractivity contribution in [2.75, 3.05) is 26.2 Å². The number of hydrogen-bond donors (Lipinski definition) is 1. The van der Waals surface area contributed by atoms with Crippen molar-refractivity contribution in [2.24, 2.45) is 7.05 Å². The van der Waals surface area contributed by atoms with Crippen LogP contribution in [0.4, 0.5) is 0 Å². The molecule has 1 aliphatic rings. The van der Waals surface area contributed by atoms with Crippen molar-refractivity contribution >= 4 is 16.9 Å². The van der Waals surface area contributed by atoms with Crippen LogP contribution in [0.2, 0.25) is 0 Å². The number of piperazine rings is 1. The van der Waals surface area contributed by atoms with E-state index < -0.39 is 5.63 Å². The van der Waals surface area contributed by atoms with Crippen LogP contribution in [-0.2, 0) is 11.8 Å². The second-order valence-electron chi connectivity index (χ2n) is 6.45. The van der Waals surface area contributed by atoms with Gasteiger partial charge >= 0.3 is 5.63 Å². The third kappa shape index (κ3) is 3.56. The predicted octanol–water partition coefficient (Wildman–Crippen LogP) is 1.08. The van der Waals surface area contributed by atoms with Crippen LogP contribution < -0.4 is 15.7 Å². The van der Waals surface area contributed by atoms with Gasteiger partial charge in [0.25, 0.3) is 5.91 Å². The van der Waals surface area contributed by atoms with Crippen LogP contribution in [0.15, 0.2) is 51.9 Å². The zero-order valence-corrected chi connectivity index (χ0v) is 14.9. The maximum Gasteiger partial charge on any atom is 0.336 e. The van der Waals surface area contributed by atoms with Crippen LogP contribution in [0.3, 0.4) is 0 Å². The van der Waals surface area contributed by atoms with Gasteiger partial charge in [0.1, 0.15) is 23.2 Å². The van der Waals surface area contributed by atoms with Gasteiger partial charge in [-0.05, 0) is 18.2 Å². The normalized spacial score (nSPS) is 17.2. The van der Waals surface area contributed by atoms with Crippen molar-refractivity contribution < 1.29 is 13.9 Å². The molecule has 0 radical (unpaired) electrons. The van der Waals surface area contributed by atoms with Crippen molar-refractivity contribution in [3.05, 3.63) is 59.0 Å². The standard InChI is InChI=1S/C19H20N4O4/c1-22-8-7-21-19(22)15-11-20-6-9-23(15)17(24)12-26-14-4-2-13-3-5-18(25)27-16(13)10-14/h2-5,7-8,10,15,20H,6,9,11-12H2,1H3. The molecule has 0 spiro atoms. The first-order valence-electron chi connectivity index (χ1n) is 8.76. The molecule has 1 N–H and O–H groups in total. The number of aromatic nitrogens is 2. The second-order valence-corrected chi connectivity index (χ2v) is 6.45. The summed E-state index contributed by atoms with van der Waals surface area (Å²) in [4.78, 5) is 30.3. The highest BCUT2D eigenvalue weighted by atomic mass is 16.5. The van der Waals surface area contributed by atoms with E-state index in [-0.39, 0.29) is 18.6 Å². The molecule has 4 rings (SSSR count). The third-order valence-corrected chi connectivity index (χ3v) is 4.68. The zero-order chi connectivity index (χ0) is 18.8. The van der Waals surface area contributed by atoms with E-state index in [0.29, 0.717) is 24.4 Å². The van der Waals surface area contributed by atoms with Crippen LogP contribution in [-0.4, -0.2) is 46.6 Å². The number of imidazole rings is 1. The number of benzene rings is 1. The first kappa shape index (κ1) is 17.3. The molecular formula is C19H20N4O4. The fourth-order valence-electron chi connectivity index (χ4n) is 3.29. The molecule has 1 aliphatic heterocycles. The summed E-state index contributed by atoms with van der Waals surface area (Å²) >= 11 is 0. The van der Waals surface area contributed by atoms with E-state index in [9.17, 15) is 9.59 Å². The molecule has 27 heavy (non-hydrogen) atoms. The highest BCUT2D eigenvalue weighted by molar-refractivity contribution is 5.79. The Balaban J connectivity index is 1.48. The Morgan fingerprint density at radius 3 is 3.04 bits per heavy atom. The lowest BCUT2D eigenvalue weighted by molar-refractivity contribution is -0.137. The minimum absolute atomic E-state index is 0.0938. The van der Waals surface area contributed by atoms with E-state index in [4.69, 9.17) is 9.15 Å². The smallest absolute Gasteiger partial charge is 0.336 e. The lowest BCUT2D eigenvalue weighted by atomic mass is 10.1. The van der Waals surface area contributed by atoms with Gasteiger partial charge in [-0.1, -0.05) is 0 Å². The summed E-state index contributed by atoms with van der Waals surface area (Å²) in [6.07, 6.45) is 3.60. The fraction of sp³-hybridized carbons (Fsp3) is 0.316. The first-order valence-corrected chi connectivity index (χ1v) is 8.76. The van der Waals surface area contributed by atoms with Crippen LogP contribution >= 0.6 is 0 Å². The lowest BCUT2D eigenvalue weighted by Gasteiger charge is -2.35. The minimum Gasteiger partial charge on any atom is -0.484 e. The van der Waals surface area contributed by atoms with Crippen molar-refractivity contribution in [2.45, 2.75) is 6.04 Å². The average Bonchev–Trinajstić information content (AvgIpc) is 3.11. The molecule has 3 aromatic rings. The molecule has 1 saturated heterocycles. The molecule has 140 valence electrons. The van der Waals surface area contributed by atoms with Crippen LogP contribution in [0.25, 0.3) is 11.0 Å². The van der Waals surface area contributed by atoms with Crippen LogP contribution in [0.1, 0.15) is 11.9 Å². The largest absolute Gasteiger partial charge is 0.484 e. The van der Waals surface area contributed by atoms with E-state index >= 15 is 0 Å². The quantitative estimate of drug-likeness (QED) is 0.693. The van der Waals surface area contributed by atoms with Gasteiger partial charge in [0.15, 0.2) is 6.61 Å². The molecule has 3 heterocycles. The Morgan fingerprint density at radius 1 is 1.37 bits per heavy atom. The summed E-state index contributed by atoms with van der Waals surface area (Å²) in [6.45, 7) is 1.88. The van der Waals surface area contributed by atoms with Gasteiger partial charge in [0.2, 0.25) is 0 Å². The summed E-state index contributed by atoms with van der Waals surface area (Å²) in [5, 5.41) is 4.10. The van der Waals surface area contributed by atoms with Crippen molar-refractivity contribution in [3.63, 3.8) is 0 Å². The highest BCUT2D eigenvalue weighted by Crippen LogP contribution is 2.22. The van der Waals surface area contributed by atoms with E-state index in [1.807, 2.05) is 17.8 Å². The summed E-state index contributed by atoms with van der Waals surface area (Å²) in [7, 11) is 1.92. The van der Waals surface area contributed by atoms with Crippen molar-refractivity contribution in [3.8, 4) is 5.75 Å². The Labute approximate surface area is 155 Å². The van der Waals surface area contributed by atoms with Gasteiger partial charge in [-0.2, -0.15) is 0 Å². The third-order valence-electron chi connectivity index (χ3n) is 4.68. The highest BCUT2D eigenvalue weighted by Gasteiger charge is 2.30. The number of carbonyl (C=O) groups excluding carboxylic acids is 1. The topological polar surface area (TPSA) is 89.6 Å². The minimum atomic E-state index is -0.422. The van der Waals surface area contributed by atoms with Crippen LogP contribution in [0.5, 0.6) is 5.75 Å².